The molecule has 2 aromatic carbocycles. The lowest BCUT2D eigenvalue weighted by molar-refractivity contribution is 0.576. The van der Waals surface area contributed by atoms with Crippen LogP contribution in [0.2, 0.25) is 0 Å². The van der Waals surface area contributed by atoms with E-state index in [9.17, 15) is 16.8 Å². The number of nitrogens with one attached hydrogen (secondary N) is 1. The van der Waals surface area contributed by atoms with Crippen molar-refractivity contribution in [2.75, 3.05) is 21.7 Å². The van der Waals surface area contributed by atoms with Gasteiger partial charge in [0.2, 0.25) is 10.0 Å². The molecule has 2 aromatic rings. The van der Waals surface area contributed by atoms with Gasteiger partial charge in [0.25, 0.3) is 0 Å². The molecule has 0 unspecified atom stereocenters. The molecule has 0 amide bonds. The van der Waals surface area contributed by atoms with Gasteiger partial charge in [0.05, 0.1) is 16.3 Å². The molecule has 1 N–H and O–H groups in total. The summed E-state index contributed by atoms with van der Waals surface area (Å²) in [5, 5.41) is 0. The Morgan fingerprint density at radius 2 is 1.58 bits per heavy atom. The molecule has 0 spiro atoms. The van der Waals surface area contributed by atoms with Gasteiger partial charge < -0.3 is 0 Å². The van der Waals surface area contributed by atoms with E-state index in [2.05, 4.69) is 4.72 Å². The van der Waals surface area contributed by atoms with E-state index in [1.807, 2.05) is 6.07 Å². The number of hydrogen-bond acceptors (Lipinski definition) is 4. The largest absolute Gasteiger partial charge is 0.326 e. The van der Waals surface area contributed by atoms with Crippen molar-refractivity contribution in [1.82, 2.24) is 4.72 Å². The first-order valence-electron chi connectivity index (χ1n) is 8.37. The van der Waals surface area contributed by atoms with Crippen molar-refractivity contribution in [3.05, 3.63) is 54.6 Å². The van der Waals surface area contributed by atoms with E-state index < -0.39 is 20.2 Å². The Balaban J connectivity index is 1.53. The Hall–Kier alpha value is -2.10. The molecule has 4 rings (SSSR count). The zero-order valence-corrected chi connectivity index (χ0v) is 15.6. The van der Waals surface area contributed by atoms with Gasteiger partial charge in [-0.3, -0.25) is 0 Å². The summed E-state index contributed by atoms with van der Waals surface area (Å²) < 4.78 is 55.7. The Morgan fingerprint density at radius 3 is 2.23 bits per heavy atom. The minimum atomic E-state index is -3.67. The predicted octanol–water partition coefficient (Wildman–Crippen LogP) is 1.70. The molecule has 0 radical (unpaired) electrons. The van der Waals surface area contributed by atoms with Gasteiger partial charge in [0, 0.05) is 19.1 Å². The molecule has 0 aromatic heterocycles. The van der Waals surface area contributed by atoms with Gasteiger partial charge in [-0.15, -0.1) is 0 Å². The number of sulfonamides is 1. The quantitative estimate of drug-likeness (QED) is 0.809. The summed E-state index contributed by atoms with van der Waals surface area (Å²) in [5.41, 5.74) is 1.26. The van der Waals surface area contributed by atoms with Gasteiger partial charge in [-0.2, -0.15) is 8.42 Å². The summed E-state index contributed by atoms with van der Waals surface area (Å²) >= 11 is 0. The molecule has 138 valence electrons. The van der Waals surface area contributed by atoms with Crippen molar-refractivity contribution in [2.45, 2.75) is 23.8 Å². The van der Waals surface area contributed by atoms with Crippen LogP contribution in [-0.2, 0) is 20.2 Å². The summed E-state index contributed by atoms with van der Waals surface area (Å²) in [6, 6.07) is 15.2. The highest BCUT2D eigenvalue weighted by Gasteiger charge is 2.47. The van der Waals surface area contributed by atoms with Gasteiger partial charge in [-0.25, -0.2) is 21.8 Å². The van der Waals surface area contributed by atoms with Crippen molar-refractivity contribution in [2.24, 2.45) is 0 Å². The number of fused-ring (bicyclic) bond motifs is 1. The summed E-state index contributed by atoms with van der Waals surface area (Å²) in [7, 11) is -7.34. The lowest BCUT2D eigenvalue weighted by atomic mass is 10.2. The Kier molecular flexibility index (Phi) is 4.17. The molecule has 1 fully saturated rings. The third-order valence-corrected chi connectivity index (χ3v) is 7.86. The van der Waals surface area contributed by atoms with Crippen molar-refractivity contribution in [1.29, 1.82) is 0 Å². The normalized spacial score (nSPS) is 18.8. The van der Waals surface area contributed by atoms with Crippen molar-refractivity contribution >= 4 is 31.6 Å². The summed E-state index contributed by atoms with van der Waals surface area (Å²) in [6.07, 6.45) is 1.70. The molecule has 1 heterocycles. The fourth-order valence-electron chi connectivity index (χ4n) is 3.11. The molecule has 0 atom stereocenters. The number of benzene rings is 2. The zero-order valence-electron chi connectivity index (χ0n) is 13.9. The van der Waals surface area contributed by atoms with E-state index in [1.54, 1.807) is 36.4 Å². The smallest absolute Gasteiger partial charge is 0.250 e. The number of nitrogens with zero attached hydrogens (tertiary/aromatic N) is 2. The van der Waals surface area contributed by atoms with E-state index in [-0.39, 0.29) is 24.0 Å². The van der Waals surface area contributed by atoms with Crippen molar-refractivity contribution in [3.8, 4) is 0 Å². The molecule has 1 aliphatic heterocycles. The maximum absolute atomic E-state index is 12.9. The fourth-order valence-corrected chi connectivity index (χ4v) is 6.08. The van der Waals surface area contributed by atoms with E-state index in [0.717, 1.165) is 12.8 Å². The average Bonchev–Trinajstić information content (AvgIpc) is 3.42. The molecule has 7 nitrogen and oxygen atoms in total. The summed E-state index contributed by atoms with van der Waals surface area (Å²) in [5.74, 6) is 0. The number of para-hydroxylation sites is 2. The first kappa shape index (κ1) is 17.3. The second-order valence-corrected chi connectivity index (χ2v) is 9.80. The minimum absolute atomic E-state index is 0.00663. The molecule has 0 saturated heterocycles. The lowest BCUT2D eigenvalue weighted by Crippen LogP contribution is -2.42. The molecule has 1 saturated carbocycles. The monoisotopic (exact) mass is 393 g/mol. The number of anilines is 2. The Bertz CT molecular complexity index is 1020. The first-order valence-corrected chi connectivity index (χ1v) is 11.2. The molecular weight excluding hydrogens is 374 g/mol. The molecule has 2 aliphatic rings. The van der Waals surface area contributed by atoms with Crippen LogP contribution in [0.25, 0.3) is 0 Å². The van der Waals surface area contributed by atoms with Crippen LogP contribution in [-0.4, -0.2) is 36.0 Å². The van der Waals surface area contributed by atoms with E-state index in [1.165, 1.54) is 20.7 Å². The second kappa shape index (κ2) is 6.26. The highest BCUT2D eigenvalue weighted by molar-refractivity contribution is 7.94. The van der Waals surface area contributed by atoms with E-state index in [4.69, 9.17) is 0 Å². The van der Waals surface area contributed by atoms with Crippen molar-refractivity contribution in [3.63, 3.8) is 0 Å². The van der Waals surface area contributed by atoms with Gasteiger partial charge in [-0.05, 0) is 37.1 Å². The minimum Gasteiger partial charge on any atom is -0.250 e. The van der Waals surface area contributed by atoms with Crippen LogP contribution >= 0.6 is 0 Å². The standard InChI is InChI=1S/C17H19N3O4S2/c21-25(22,15-6-2-1-3-7-15)18-12-13-19-16-8-4-5-9-17(16)20(14-10-11-14)26(19,23)24/h1-9,14,18H,10-13H2. The van der Waals surface area contributed by atoms with Crippen molar-refractivity contribution < 1.29 is 16.8 Å². The Morgan fingerprint density at radius 1 is 0.962 bits per heavy atom. The lowest BCUT2D eigenvalue weighted by Gasteiger charge is -2.21. The highest BCUT2D eigenvalue weighted by atomic mass is 32.2. The topological polar surface area (TPSA) is 86.8 Å². The molecule has 0 bridgehead atoms. The van der Waals surface area contributed by atoms with E-state index >= 15 is 0 Å². The van der Waals surface area contributed by atoms with Gasteiger partial charge in [0.1, 0.15) is 0 Å². The zero-order chi connectivity index (χ0) is 18.4. The SMILES string of the molecule is O=S(=O)(NCCN1c2ccccc2N(C2CC2)S1(=O)=O)c1ccccc1. The third kappa shape index (κ3) is 2.95. The van der Waals surface area contributed by atoms with E-state index in [0.29, 0.717) is 11.4 Å². The molecule has 1 aliphatic carbocycles. The van der Waals surface area contributed by atoms with Crippen LogP contribution in [0.15, 0.2) is 59.5 Å². The van der Waals surface area contributed by atoms with Crippen LogP contribution in [0, 0.1) is 0 Å². The fraction of sp³-hybridized carbons (Fsp3) is 0.294. The highest BCUT2D eigenvalue weighted by Crippen LogP contribution is 2.46. The van der Waals surface area contributed by atoms with Crippen LogP contribution in [0.5, 0.6) is 0 Å². The van der Waals surface area contributed by atoms with Gasteiger partial charge >= 0.3 is 10.2 Å². The molecule has 9 heteroatoms. The van der Waals surface area contributed by atoms with Gasteiger partial charge in [0.15, 0.2) is 0 Å². The third-order valence-electron chi connectivity index (χ3n) is 4.45. The van der Waals surface area contributed by atoms with Crippen LogP contribution in [0.1, 0.15) is 12.8 Å². The van der Waals surface area contributed by atoms with Crippen LogP contribution in [0.3, 0.4) is 0 Å². The number of hydrogen-bond donors (Lipinski definition) is 1. The van der Waals surface area contributed by atoms with Crippen LogP contribution in [0.4, 0.5) is 11.4 Å². The number of rotatable bonds is 6. The predicted molar refractivity (Wildman–Crippen MR) is 99.8 cm³/mol. The Labute approximate surface area is 153 Å². The maximum atomic E-state index is 12.9. The summed E-state index contributed by atoms with van der Waals surface area (Å²) in [4.78, 5) is 0.157. The molecular formula is C17H19N3O4S2. The summed E-state index contributed by atoms with van der Waals surface area (Å²) in [6.45, 7) is 0.0257. The average molecular weight is 393 g/mol. The second-order valence-electron chi connectivity index (χ2n) is 6.31. The van der Waals surface area contributed by atoms with Gasteiger partial charge in [-0.1, -0.05) is 30.3 Å². The molecule has 26 heavy (non-hydrogen) atoms. The van der Waals surface area contributed by atoms with Crippen LogP contribution < -0.4 is 13.3 Å². The first-order chi connectivity index (χ1) is 12.4. The maximum Gasteiger partial charge on any atom is 0.326 e.